The molecule has 122 valence electrons. The maximum atomic E-state index is 11.9. The van der Waals surface area contributed by atoms with Crippen molar-refractivity contribution < 1.29 is 4.79 Å². The Hall–Kier alpha value is -2.92. The summed E-state index contributed by atoms with van der Waals surface area (Å²) < 4.78 is 1.78. The SMILES string of the molecule is CCc1ccc(-c2cc(C(=O)NN)nn2-c2cccc(C)c2)cc1. The van der Waals surface area contributed by atoms with E-state index in [-0.39, 0.29) is 5.69 Å². The molecule has 0 fully saturated rings. The maximum Gasteiger partial charge on any atom is 0.285 e. The van der Waals surface area contributed by atoms with E-state index in [9.17, 15) is 4.79 Å². The van der Waals surface area contributed by atoms with E-state index in [2.05, 4.69) is 29.6 Å². The summed E-state index contributed by atoms with van der Waals surface area (Å²) in [6.45, 7) is 4.14. The highest BCUT2D eigenvalue weighted by Crippen LogP contribution is 2.25. The zero-order valence-electron chi connectivity index (χ0n) is 13.8. The topological polar surface area (TPSA) is 72.9 Å². The molecule has 1 heterocycles. The summed E-state index contributed by atoms with van der Waals surface area (Å²) in [5.41, 5.74) is 7.56. The van der Waals surface area contributed by atoms with Gasteiger partial charge in [-0.05, 0) is 42.7 Å². The van der Waals surface area contributed by atoms with Crippen molar-refractivity contribution >= 4 is 5.91 Å². The maximum absolute atomic E-state index is 11.9. The largest absolute Gasteiger partial charge is 0.289 e. The first-order valence-corrected chi connectivity index (χ1v) is 7.89. The zero-order valence-corrected chi connectivity index (χ0v) is 13.8. The Kier molecular flexibility index (Phi) is 4.44. The van der Waals surface area contributed by atoms with Crippen LogP contribution in [-0.2, 0) is 6.42 Å². The molecule has 0 aliphatic carbocycles. The Morgan fingerprint density at radius 1 is 1.17 bits per heavy atom. The van der Waals surface area contributed by atoms with Crippen LogP contribution in [0.2, 0.25) is 0 Å². The van der Waals surface area contributed by atoms with Crippen LogP contribution >= 0.6 is 0 Å². The zero-order chi connectivity index (χ0) is 17.1. The number of hydrogen-bond donors (Lipinski definition) is 2. The fraction of sp³-hybridized carbons (Fsp3) is 0.158. The lowest BCUT2D eigenvalue weighted by molar-refractivity contribution is 0.0948. The minimum Gasteiger partial charge on any atom is -0.289 e. The summed E-state index contributed by atoms with van der Waals surface area (Å²) >= 11 is 0. The van der Waals surface area contributed by atoms with Crippen molar-refractivity contribution in [3.05, 3.63) is 71.4 Å². The summed E-state index contributed by atoms with van der Waals surface area (Å²) in [6, 6.07) is 18.0. The normalized spacial score (nSPS) is 10.6. The van der Waals surface area contributed by atoms with Gasteiger partial charge < -0.3 is 0 Å². The number of benzene rings is 2. The summed E-state index contributed by atoms with van der Waals surface area (Å²) in [7, 11) is 0. The second-order valence-electron chi connectivity index (χ2n) is 5.69. The van der Waals surface area contributed by atoms with Gasteiger partial charge in [-0.25, -0.2) is 10.5 Å². The number of nitrogens with one attached hydrogen (secondary N) is 1. The Morgan fingerprint density at radius 3 is 2.54 bits per heavy atom. The number of aryl methyl sites for hydroxylation is 2. The summed E-state index contributed by atoms with van der Waals surface area (Å²) in [5.74, 6) is 4.84. The predicted octanol–water partition coefficient (Wildman–Crippen LogP) is 3.01. The molecule has 0 aliphatic rings. The van der Waals surface area contributed by atoms with Crippen molar-refractivity contribution in [2.24, 2.45) is 5.84 Å². The van der Waals surface area contributed by atoms with E-state index in [1.165, 1.54) is 5.56 Å². The van der Waals surface area contributed by atoms with E-state index in [0.717, 1.165) is 28.9 Å². The Bertz CT molecular complexity index is 865. The average molecular weight is 320 g/mol. The molecule has 2 aromatic carbocycles. The highest BCUT2D eigenvalue weighted by molar-refractivity contribution is 5.93. The fourth-order valence-corrected chi connectivity index (χ4v) is 2.64. The molecule has 24 heavy (non-hydrogen) atoms. The quantitative estimate of drug-likeness (QED) is 0.441. The van der Waals surface area contributed by atoms with Crippen molar-refractivity contribution in [2.45, 2.75) is 20.3 Å². The first kappa shape index (κ1) is 16.0. The lowest BCUT2D eigenvalue weighted by Crippen LogP contribution is -2.30. The molecule has 0 saturated carbocycles. The second-order valence-corrected chi connectivity index (χ2v) is 5.69. The number of aromatic nitrogens is 2. The van der Waals surface area contributed by atoms with Crippen LogP contribution in [0.5, 0.6) is 0 Å². The van der Waals surface area contributed by atoms with E-state index < -0.39 is 5.91 Å². The molecule has 0 unspecified atom stereocenters. The second kappa shape index (κ2) is 6.68. The highest BCUT2D eigenvalue weighted by atomic mass is 16.2. The van der Waals surface area contributed by atoms with Gasteiger partial charge in [0.15, 0.2) is 5.69 Å². The molecule has 0 saturated heterocycles. The van der Waals surface area contributed by atoms with Crippen LogP contribution in [0.4, 0.5) is 0 Å². The third-order valence-corrected chi connectivity index (χ3v) is 3.98. The van der Waals surface area contributed by atoms with E-state index in [0.29, 0.717) is 0 Å². The van der Waals surface area contributed by atoms with Crippen LogP contribution in [0.3, 0.4) is 0 Å². The van der Waals surface area contributed by atoms with Gasteiger partial charge in [-0.1, -0.05) is 43.3 Å². The molecule has 0 spiro atoms. The van der Waals surface area contributed by atoms with Gasteiger partial charge >= 0.3 is 0 Å². The minimum absolute atomic E-state index is 0.286. The molecule has 1 amide bonds. The van der Waals surface area contributed by atoms with E-state index in [4.69, 9.17) is 5.84 Å². The summed E-state index contributed by atoms with van der Waals surface area (Å²) in [4.78, 5) is 11.9. The predicted molar refractivity (Wildman–Crippen MR) is 94.8 cm³/mol. The third-order valence-electron chi connectivity index (χ3n) is 3.98. The number of amides is 1. The first-order valence-electron chi connectivity index (χ1n) is 7.89. The van der Waals surface area contributed by atoms with Crippen molar-refractivity contribution in [1.82, 2.24) is 15.2 Å². The number of carbonyl (C=O) groups is 1. The number of hydrazine groups is 1. The molecule has 3 aromatic rings. The lowest BCUT2D eigenvalue weighted by atomic mass is 10.1. The van der Waals surface area contributed by atoms with Gasteiger partial charge in [-0.15, -0.1) is 0 Å². The van der Waals surface area contributed by atoms with Crippen LogP contribution in [0.1, 0.15) is 28.5 Å². The molecule has 3 N–H and O–H groups in total. The molecule has 5 heteroatoms. The van der Waals surface area contributed by atoms with Gasteiger partial charge in [-0.3, -0.25) is 10.2 Å². The molecule has 0 bridgehead atoms. The molecule has 0 radical (unpaired) electrons. The number of nitrogens with zero attached hydrogens (tertiary/aromatic N) is 2. The Morgan fingerprint density at radius 2 is 1.92 bits per heavy atom. The molecule has 3 rings (SSSR count). The van der Waals surface area contributed by atoms with E-state index in [1.807, 2.05) is 43.3 Å². The summed E-state index contributed by atoms with van der Waals surface area (Å²) in [5, 5.41) is 4.44. The van der Waals surface area contributed by atoms with Gasteiger partial charge in [0.1, 0.15) is 0 Å². The lowest BCUT2D eigenvalue weighted by Gasteiger charge is -2.09. The number of carbonyl (C=O) groups excluding carboxylic acids is 1. The van der Waals surface area contributed by atoms with Crippen LogP contribution in [-0.4, -0.2) is 15.7 Å². The molecular formula is C19H20N4O. The number of nitrogen functional groups attached to an aromatic ring is 1. The standard InChI is InChI=1S/C19H20N4O/c1-3-14-7-9-15(10-8-14)18-12-17(19(24)21-20)22-23(18)16-6-4-5-13(2)11-16/h4-12H,3,20H2,1-2H3,(H,21,24). The van der Waals surface area contributed by atoms with Crippen LogP contribution < -0.4 is 11.3 Å². The monoisotopic (exact) mass is 320 g/mol. The van der Waals surface area contributed by atoms with Crippen molar-refractivity contribution in [2.75, 3.05) is 0 Å². The van der Waals surface area contributed by atoms with E-state index in [1.54, 1.807) is 10.7 Å². The van der Waals surface area contributed by atoms with Crippen LogP contribution in [0.15, 0.2) is 54.6 Å². The Balaban J connectivity index is 2.15. The van der Waals surface area contributed by atoms with Gasteiger partial charge in [0.2, 0.25) is 0 Å². The number of nitrogens with two attached hydrogens (primary N) is 1. The third kappa shape index (κ3) is 3.07. The minimum atomic E-state index is -0.409. The van der Waals surface area contributed by atoms with Crippen molar-refractivity contribution in [1.29, 1.82) is 0 Å². The molecule has 1 aromatic heterocycles. The van der Waals surface area contributed by atoms with Gasteiger partial charge in [-0.2, -0.15) is 5.10 Å². The van der Waals surface area contributed by atoms with Gasteiger partial charge in [0.05, 0.1) is 11.4 Å². The number of hydrogen-bond acceptors (Lipinski definition) is 3. The van der Waals surface area contributed by atoms with Crippen molar-refractivity contribution in [3.8, 4) is 16.9 Å². The van der Waals surface area contributed by atoms with Crippen LogP contribution in [0.25, 0.3) is 16.9 Å². The fourth-order valence-electron chi connectivity index (χ4n) is 2.64. The van der Waals surface area contributed by atoms with Gasteiger partial charge in [0.25, 0.3) is 5.91 Å². The molecule has 0 aliphatic heterocycles. The average Bonchev–Trinajstić information content (AvgIpc) is 3.06. The van der Waals surface area contributed by atoms with Crippen molar-refractivity contribution in [3.63, 3.8) is 0 Å². The highest BCUT2D eigenvalue weighted by Gasteiger charge is 2.16. The Labute approximate surface area is 141 Å². The molecular weight excluding hydrogens is 300 g/mol. The molecule has 5 nitrogen and oxygen atoms in total. The van der Waals surface area contributed by atoms with Gasteiger partial charge in [0, 0.05) is 5.56 Å². The summed E-state index contributed by atoms with van der Waals surface area (Å²) in [6.07, 6.45) is 0.984. The smallest absolute Gasteiger partial charge is 0.285 e. The molecule has 0 atom stereocenters. The van der Waals surface area contributed by atoms with E-state index >= 15 is 0 Å². The number of rotatable bonds is 4. The van der Waals surface area contributed by atoms with Crippen LogP contribution in [0, 0.1) is 6.92 Å². The first-order chi connectivity index (χ1) is 11.6.